The van der Waals surface area contributed by atoms with Crippen LogP contribution in [0.15, 0.2) is 35.9 Å². The van der Waals surface area contributed by atoms with Gasteiger partial charge in [0.05, 0.1) is 0 Å². The first-order valence-corrected chi connectivity index (χ1v) is 7.94. The lowest BCUT2D eigenvalue weighted by molar-refractivity contribution is -0.114. The first-order valence-electron chi connectivity index (χ1n) is 7.94. The van der Waals surface area contributed by atoms with Crippen LogP contribution in [0.25, 0.3) is 0 Å². The molecule has 1 unspecified atom stereocenters. The third-order valence-corrected chi connectivity index (χ3v) is 3.99. The zero-order valence-corrected chi connectivity index (χ0v) is 13.1. The first kappa shape index (κ1) is 15.8. The molecule has 1 aliphatic rings. The van der Waals surface area contributed by atoms with Crippen LogP contribution < -0.4 is 10.6 Å². The zero-order valence-electron chi connectivity index (χ0n) is 13.1. The Labute approximate surface area is 127 Å². The van der Waals surface area contributed by atoms with Crippen molar-refractivity contribution in [1.82, 2.24) is 5.32 Å². The lowest BCUT2D eigenvalue weighted by Crippen LogP contribution is -2.20. The van der Waals surface area contributed by atoms with Crippen molar-refractivity contribution in [2.75, 3.05) is 11.9 Å². The van der Waals surface area contributed by atoms with Crippen LogP contribution >= 0.6 is 0 Å². The van der Waals surface area contributed by atoms with Crippen molar-refractivity contribution >= 4 is 11.6 Å². The molecule has 0 saturated carbocycles. The second kappa shape index (κ2) is 7.99. The third-order valence-electron chi connectivity index (χ3n) is 3.99. The lowest BCUT2D eigenvalue weighted by atomic mass is 9.97. The van der Waals surface area contributed by atoms with E-state index in [9.17, 15) is 4.79 Å². The molecular formula is C18H26N2O. The molecule has 0 radical (unpaired) electrons. The number of benzene rings is 1. The van der Waals surface area contributed by atoms with Crippen LogP contribution in [-0.2, 0) is 4.79 Å². The molecule has 3 heteroatoms. The summed E-state index contributed by atoms with van der Waals surface area (Å²) in [5.74, 6) is -0.0306. The second-order valence-corrected chi connectivity index (χ2v) is 5.84. The van der Waals surface area contributed by atoms with Gasteiger partial charge in [-0.2, -0.15) is 0 Å². The Morgan fingerprint density at radius 3 is 2.90 bits per heavy atom. The summed E-state index contributed by atoms with van der Waals surface area (Å²) >= 11 is 0. The van der Waals surface area contributed by atoms with Crippen molar-refractivity contribution in [2.24, 2.45) is 0 Å². The van der Waals surface area contributed by atoms with Gasteiger partial charge < -0.3 is 10.6 Å². The Hall–Kier alpha value is -1.61. The number of hydrogen-bond acceptors (Lipinski definition) is 2. The van der Waals surface area contributed by atoms with E-state index in [1.165, 1.54) is 38.2 Å². The predicted octanol–water partition coefficient (Wildman–Crippen LogP) is 4.19. The number of allylic oxidation sites excluding steroid dienone is 1. The topological polar surface area (TPSA) is 41.1 Å². The molecule has 21 heavy (non-hydrogen) atoms. The summed E-state index contributed by atoms with van der Waals surface area (Å²) in [6.45, 7) is 4.71. The van der Waals surface area contributed by atoms with Gasteiger partial charge in [0, 0.05) is 18.7 Å². The maximum Gasteiger partial charge on any atom is 0.221 e. The van der Waals surface area contributed by atoms with Gasteiger partial charge in [-0.25, -0.2) is 0 Å². The van der Waals surface area contributed by atoms with E-state index < -0.39 is 0 Å². The van der Waals surface area contributed by atoms with Crippen molar-refractivity contribution < 1.29 is 4.79 Å². The van der Waals surface area contributed by atoms with Crippen molar-refractivity contribution in [3.63, 3.8) is 0 Å². The van der Waals surface area contributed by atoms with Crippen molar-refractivity contribution in [1.29, 1.82) is 0 Å². The summed E-state index contributed by atoms with van der Waals surface area (Å²) in [6.07, 6.45) is 8.78. The van der Waals surface area contributed by atoms with Gasteiger partial charge in [-0.3, -0.25) is 4.79 Å². The monoisotopic (exact) mass is 286 g/mol. The Balaban J connectivity index is 1.83. The third kappa shape index (κ3) is 5.35. The quantitative estimate of drug-likeness (QED) is 0.770. The molecule has 2 N–H and O–H groups in total. The largest absolute Gasteiger partial charge is 0.326 e. The fourth-order valence-electron chi connectivity index (χ4n) is 2.79. The van der Waals surface area contributed by atoms with Crippen molar-refractivity contribution in [3.05, 3.63) is 41.5 Å². The van der Waals surface area contributed by atoms with Crippen LogP contribution in [0, 0.1) is 0 Å². The minimum Gasteiger partial charge on any atom is -0.326 e. The molecule has 0 heterocycles. The van der Waals surface area contributed by atoms with Crippen LogP contribution in [0.5, 0.6) is 0 Å². The Morgan fingerprint density at radius 1 is 1.33 bits per heavy atom. The minimum absolute atomic E-state index is 0.0306. The highest BCUT2D eigenvalue weighted by atomic mass is 16.1. The molecule has 1 aromatic rings. The van der Waals surface area contributed by atoms with Gasteiger partial charge in [-0.15, -0.1) is 0 Å². The molecule has 1 aromatic carbocycles. The van der Waals surface area contributed by atoms with Crippen molar-refractivity contribution in [2.45, 2.75) is 52.0 Å². The van der Waals surface area contributed by atoms with E-state index in [-0.39, 0.29) is 5.91 Å². The van der Waals surface area contributed by atoms with E-state index in [1.807, 2.05) is 18.2 Å². The van der Waals surface area contributed by atoms with Crippen LogP contribution in [-0.4, -0.2) is 12.5 Å². The lowest BCUT2D eigenvalue weighted by Gasteiger charge is -2.17. The van der Waals surface area contributed by atoms with Gasteiger partial charge in [0.15, 0.2) is 0 Å². The summed E-state index contributed by atoms with van der Waals surface area (Å²) in [5.41, 5.74) is 3.68. The minimum atomic E-state index is -0.0306. The number of nitrogens with one attached hydrogen (secondary N) is 2. The molecule has 1 aliphatic carbocycles. The number of hydrogen-bond donors (Lipinski definition) is 2. The van der Waals surface area contributed by atoms with E-state index in [0.717, 1.165) is 18.7 Å². The molecule has 0 spiro atoms. The number of rotatable bonds is 6. The van der Waals surface area contributed by atoms with E-state index in [1.54, 1.807) is 5.57 Å². The van der Waals surface area contributed by atoms with Crippen molar-refractivity contribution in [3.8, 4) is 0 Å². The van der Waals surface area contributed by atoms with Crippen LogP contribution in [0.3, 0.4) is 0 Å². The predicted molar refractivity (Wildman–Crippen MR) is 88.3 cm³/mol. The SMILES string of the molecule is CC(=O)Nc1cccc(C(C)NCCC2=CCCCC2)c1. The summed E-state index contributed by atoms with van der Waals surface area (Å²) < 4.78 is 0. The fourth-order valence-corrected chi connectivity index (χ4v) is 2.79. The molecule has 0 bridgehead atoms. The van der Waals surface area contributed by atoms with Crippen LogP contribution in [0.4, 0.5) is 5.69 Å². The van der Waals surface area contributed by atoms with Gasteiger partial charge in [0.2, 0.25) is 5.91 Å². The van der Waals surface area contributed by atoms with Gasteiger partial charge in [0.1, 0.15) is 0 Å². The number of carbonyl (C=O) groups is 1. The number of amides is 1. The highest BCUT2D eigenvalue weighted by molar-refractivity contribution is 5.88. The van der Waals surface area contributed by atoms with E-state index in [2.05, 4.69) is 29.7 Å². The molecular weight excluding hydrogens is 260 g/mol. The second-order valence-electron chi connectivity index (χ2n) is 5.84. The Kier molecular flexibility index (Phi) is 6.00. The maximum atomic E-state index is 11.1. The summed E-state index contributed by atoms with van der Waals surface area (Å²) in [7, 11) is 0. The summed E-state index contributed by atoms with van der Waals surface area (Å²) in [5, 5.41) is 6.41. The van der Waals surface area contributed by atoms with E-state index in [4.69, 9.17) is 0 Å². The smallest absolute Gasteiger partial charge is 0.221 e. The van der Waals surface area contributed by atoms with Crippen LogP contribution in [0.1, 0.15) is 57.6 Å². The van der Waals surface area contributed by atoms with E-state index in [0.29, 0.717) is 6.04 Å². The first-order chi connectivity index (χ1) is 10.1. The molecule has 0 aromatic heterocycles. The van der Waals surface area contributed by atoms with E-state index >= 15 is 0 Å². The standard InChI is InChI=1S/C18H26N2O/c1-14(19-12-11-16-7-4-3-5-8-16)17-9-6-10-18(13-17)20-15(2)21/h6-7,9-10,13-14,19H,3-5,8,11-12H2,1-2H3,(H,20,21). The Morgan fingerprint density at radius 2 is 2.19 bits per heavy atom. The molecule has 0 aliphatic heterocycles. The van der Waals surface area contributed by atoms with Gasteiger partial charge >= 0.3 is 0 Å². The van der Waals surface area contributed by atoms with Gasteiger partial charge in [0.25, 0.3) is 0 Å². The average molecular weight is 286 g/mol. The molecule has 1 amide bonds. The molecule has 0 fully saturated rings. The normalized spacial score (nSPS) is 16.2. The highest BCUT2D eigenvalue weighted by Gasteiger charge is 2.07. The van der Waals surface area contributed by atoms with Gasteiger partial charge in [-0.05, 0) is 63.3 Å². The summed E-state index contributed by atoms with van der Waals surface area (Å²) in [4.78, 5) is 11.1. The zero-order chi connectivity index (χ0) is 15.1. The van der Waals surface area contributed by atoms with Crippen LogP contribution in [0.2, 0.25) is 0 Å². The Bertz CT molecular complexity index is 508. The van der Waals surface area contributed by atoms with Gasteiger partial charge in [-0.1, -0.05) is 23.8 Å². The molecule has 0 saturated heterocycles. The maximum absolute atomic E-state index is 11.1. The molecule has 2 rings (SSSR count). The highest BCUT2D eigenvalue weighted by Crippen LogP contribution is 2.21. The molecule has 3 nitrogen and oxygen atoms in total. The fraction of sp³-hybridized carbons (Fsp3) is 0.500. The number of carbonyl (C=O) groups excluding carboxylic acids is 1. The molecule has 114 valence electrons. The number of anilines is 1. The average Bonchev–Trinajstić information content (AvgIpc) is 2.48. The molecule has 1 atom stereocenters. The summed E-state index contributed by atoms with van der Waals surface area (Å²) in [6, 6.07) is 8.34.